The molecule has 0 radical (unpaired) electrons. The molecule has 1 N–H and O–H groups in total. The van der Waals surface area contributed by atoms with Crippen molar-refractivity contribution in [3.8, 4) is 11.8 Å². The first kappa shape index (κ1) is 22.6. The molecule has 1 aliphatic carbocycles. The van der Waals surface area contributed by atoms with E-state index in [1.807, 2.05) is 6.07 Å². The number of carbonyl (C=O) groups excluding carboxylic acids is 1. The standard InChI is InChI=1S/C24H21F2N5O4/c1-13(25)23(33)30-8-7-29(12-14(30)5-6-27)22-16-11-15(19-17(26)3-2-4-18(19)32)21-20(16)31(9-10-35-21)24(34)28-22/h2-4,11,14-15,32H,1,5,7-10,12H2/t14-,15?/m0/s1. The van der Waals surface area contributed by atoms with Crippen LogP contribution >= 0.6 is 0 Å². The Morgan fingerprint density at radius 2 is 2.14 bits per heavy atom. The first-order chi connectivity index (χ1) is 16.8. The molecule has 3 aliphatic rings. The molecule has 0 saturated carbocycles. The summed E-state index contributed by atoms with van der Waals surface area (Å²) in [5.41, 5.74) is -0.483. The summed E-state index contributed by atoms with van der Waals surface area (Å²) >= 11 is 0. The molecule has 35 heavy (non-hydrogen) atoms. The Morgan fingerprint density at radius 1 is 1.34 bits per heavy atom. The van der Waals surface area contributed by atoms with Gasteiger partial charge in [-0.25, -0.2) is 13.6 Å². The van der Waals surface area contributed by atoms with E-state index in [4.69, 9.17) is 4.74 Å². The highest BCUT2D eigenvalue weighted by atomic mass is 19.1. The van der Waals surface area contributed by atoms with Gasteiger partial charge in [-0.3, -0.25) is 9.36 Å². The molecule has 180 valence electrons. The molecular weight excluding hydrogens is 460 g/mol. The molecule has 1 fully saturated rings. The third kappa shape index (κ3) is 3.62. The van der Waals surface area contributed by atoms with E-state index in [1.165, 1.54) is 27.7 Å². The van der Waals surface area contributed by atoms with Gasteiger partial charge in [-0.2, -0.15) is 10.2 Å². The number of anilines is 1. The van der Waals surface area contributed by atoms with Gasteiger partial charge in [-0.15, -0.1) is 0 Å². The van der Waals surface area contributed by atoms with E-state index in [1.54, 1.807) is 11.0 Å². The van der Waals surface area contributed by atoms with Crippen molar-refractivity contribution < 1.29 is 23.4 Å². The fraction of sp³-hybridized carbons (Fsp3) is 0.333. The molecule has 0 spiro atoms. The number of benzene rings is 1. The topological polar surface area (TPSA) is 112 Å². The van der Waals surface area contributed by atoms with Crippen molar-refractivity contribution in [2.45, 2.75) is 24.9 Å². The van der Waals surface area contributed by atoms with Gasteiger partial charge in [0.2, 0.25) is 0 Å². The van der Waals surface area contributed by atoms with Crippen molar-refractivity contribution >= 4 is 23.6 Å². The Balaban J connectivity index is 1.63. The van der Waals surface area contributed by atoms with E-state index >= 15 is 0 Å². The van der Waals surface area contributed by atoms with Crippen LogP contribution in [0, 0.1) is 17.1 Å². The van der Waals surface area contributed by atoms with Crippen LogP contribution in [0.25, 0.3) is 11.8 Å². The smallest absolute Gasteiger partial charge is 0.350 e. The molecule has 5 rings (SSSR count). The van der Waals surface area contributed by atoms with Crippen molar-refractivity contribution in [3.63, 3.8) is 0 Å². The molecule has 1 aromatic heterocycles. The molecule has 2 atom stereocenters. The van der Waals surface area contributed by atoms with Crippen molar-refractivity contribution in [1.29, 1.82) is 5.26 Å². The highest BCUT2D eigenvalue weighted by Gasteiger charge is 2.36. The largest absolute Gasteiger partial charge is 0.508 e. The lowest BCUT2D eigenvalue weighted by Crippen LogP contribution is -2.58. The molecule has 1 amide bonds. The number of aromatic nitrogens is 2. The maximum Gasteiger partial charge on any atom is 0.350 e. The predicted octanol–water partition coefficient (Wildman–Crippen LogP) is 0.218. The summed E-state index contributed by atoms with van der Waals surface area (Å²) in [7, 11) is 0. The van der Waals surface area contributed by atoms with Gasteiger partial charge in [0.15, 0.2) is 5.83 Å². The zero-order valence-corrected chi connectivity index (χ0v) is 18.6. The summed E-state index contributed by atoms with van der Waals surface area (Å²) in [6.45, 7) is 3.98. The maximum absolute atomic E-state index is 14.8. The lowest BCUT2D eigenvalue weighted by atomic mass is 9.97. The van der Waals surface area contributed by atoms with Crippen molar-refractivity contribution in [3.05, 3.63) is 63.0 Å². The molecule has 11 heteroatoms. The second-order valence-electron chi connectivity index (χ2n) is 8.53. The van der Waals surface area contributed by atoms with Gasteiger partial charge < -0.3 is 19.6 Å². The number of rotatable bonds is 4. The van der Waals surface area contributed by atoms with Crippen LogP contribution in [0.4, 0.5) is 14.6 Å². The predicted molar refractivity (Wildman–Crippen MR) is 121 cm³/mol. The number of amides is 1. The number of halogens is 2. The average molecular weight is 481 g/mol. The van der Waals surface area contributed by atoms with Crippen LogP contribution in [0.15, 0.2) is 35.4 Å². The van der Waals surface area contributed by atoms with Gasteiger partial charge in [0.05, 0.1) is 36.3 Å². The Hall–Kier alpha value is -4.20. The van der Waals surface area contributed by atoms with E-state index in [2.05, 4.69) is 11.6 Å². The van der Waals surface area contributed by atoms with Crippen molar-refractivity contribution in [2.75, 3.05) is 31.1 Å². The van der Waals surface area contributed by atoms with E-state index < -0.39 is 35.2 Å². The van der Waals surface area contributed by atoms with Crippen molar-refractivity contribution in [1.82, 2.24) is 14.5 Å². The van der Waals surface area contributed by atoms with E-state index in [0.717, 1.165) is 0 Å². The second-order valence-corrected chi connectivity index (χ2v) is 8.53. The van der Waals surface area contributed by atoms with Crippen LogP contribution in [-0.2, 0) is 16.1 Å². The number of carbonyl (C=O) groups is 1. The van der Waals surface area contributed by atoms with Gasteiger partial charge in [0.1, 0.15) is 29.8 Å². The zero-order chi connectivity index (χ0) is 24.9. The number of aromatic hydroxyl groups is 1. The fourth-order valence-corrected chi connectivity index (χ4v) is 5.02. The highest BCUT2D eigenvalue weighted by molar-refractivity contribution is 5.91. The van der Waals surface area contributed by atoms with Gasteiger partial charge in [-0.1, -0.05) is 18.7 Å². The number of nitriles is 1. The Morgan fingerprint density at radius 3 is 2.86 bits per heavy atom. The minimum atomic E-state index is -1.11. The molecular formula is C24H21F2N5O4. The second kappa shape index (κ2) is 8.54. The van der Waals surface area contributed by atoms with E-state index in [-0.39, 0.29) is 50.5 Å². The van der Waals surface area contributed by atoms with E-state index in [9.17, 15) is 28.7 Å². The van der Waals surface area contributed by atoms with Gasteiger partial charge >= 0.3 is 5.69 Å². The normalized spacial score (nSPS) is 20.5. The Kier molecular flexibility index (Phi) is 5.51. The van der Waals surface area contributed by atoms with Crippen LogP contribution in [0.2, 0.25) is 0 Å². The summed E-state index contributed by atoms with van der Waals surface area (Å²) < 4.78 is 35.6. The molecule has 2 aromatic rings. The molecule has 9 nitrogen and oxygen atoms in total. The number of ether oxygens (including phenoxy) is 1. The first-order valence-electron chi connectivity index (χ1n) is 11.1. The average Bonchev–Trinajstić information content (AvgIpc) is 3.21. The lowest BCUT2D eigenvalue weighted by Gasteiger charge is -2.41. The monoisotopic (exact) mass is 481 g/mol. The number of phenolic OH excluding ortho intramolecular Hbond substituents is 1. The Labute approximate surface area is 198 Å². The van der Waals surface area contributed by atoms with Gasteiger partial charge in [0, 0.05) is 30.4 Å². The first-order valence-corrected chi connectivity index (χ1v) is 11.1. The maximum atomic E-state index is 14.8. The summed E-state index contributed by atoms with van der Waals surface area (Å²) in [5, 5.41) is 20.7. The van der Waals surface area contributed by atoms with E-state index in [0.29, 0.717) is 22.1 Å². The summed E-state index contributed by atoms with van der Waals surface area (Å²) in [5.74, 6) is -2.96. The number of hydrogen-bond acceptors (Lipinski definition) is 7. The minimum Gasteiger partial charge on any atom is -0.508 e. The van der Waals surface area contributed by atoms with Gasteiger partial charge in [-0.05, 0) is 12.1 Å². The molecule has 1 unspecified atom stereocenters. The molecule has 1 aromatic carbocycles. The highest BCUT2D eigenvalue weighted by Crippen LogP contribution is 2.37. The quantitative estimate of drug-likeness (QED) is 0.622. The van der Waals surface area contributed by atoms with Crippen molar-refractivity contribution in [2.24, 2.45) is 0 Å². The number of hydrogen-bond donors (Lipinski definition) is 1. The summed E-state index contributed by atoms with van der Waals surface area (Å²) in [4.78, 5) is 32.5. The number of phenols is 1. The number of nitrogens with zero attached hydrogens (tertiary/aromatic N) is 5. The molecule has 0 bridgehead atoms. The minimum absolute atomic E-state index is 0.0322. The zero-order valence-electron chi connectivity index (χ0n) is 18.6. The van der Waals surface area contributed by atoms with Crippen LogP contribution in [-0.4, -0.2) is 57.7 Å². The van der Waals surface area contributed by atoms with Crippen LogP contribution in [0.1, 0.15) is 17.9 Å². The molecule has 1 saturated heterocycles. The molecule has 2 aliphatic heterocycles. The van der Waals surface area contributed by atoms with Crippen LogP contribution in [0.5, 0.6) is 5.75 Å². The Bertz CT molecular complexity index is 1460. The van der Waals surface area contributed by atoms with Crippen LogP contribution in [0.3, 0.4) is 0 Å². The van der Waals surface area contributed by atoms with Crippen LogP contribution < -0.4 is 21.2 Å². The van der Waals surface area contributed by atoms with Gasteiger partial charge in [0.25, 0.3) is 5.91 Å². The third-order valence-corrected chi connectivity index (χ3v) is 6.56. The fourth-order valence-electron chi connectivity index (χ4n) is 5.02. The number of piperazine rings is 1. The summed E-state index contributed by atoms with van der Waals surface area (Å²) in [6.07, 6.45) is 1.65. The lowest BCUT2D eigenvalue weighted by molar-refractivity contribution is -0.131. The third-order valence-electron chi connectivity index (χ3n) is 6.56. The molecule has 3 heterocycles. The SMILES string of the molecule is C=C(F)C(=O)N1CCN(c2nc(=O)n3c4c2=CC(c2c(O)cccc2F)C=4OCC3)C[C@@H]1CC#N. The summed E-state index contributed by atoms with van der Waals surface area (Å²) in [6, 6.07) is 5.38.